The van der Waals surface area contributed by atoms with E-state index in [1.54, 1.807) is 12.1 Å². The minimum Gasteiger partial charge on any atom is -0.456 e. The zero-order chi connectivity index (χ0) is 17.7. The molecule has 0 fully saturated rings. The average molecular weight is 352 g/mol. The van der Waals surface area contributed by atoms with Gasteiger partial charge in [0.15, 0.2) is 12.4 Å². The molecule has 24 heavy (non-hydrogen) atoms. The number of esters is 1. The Balaban J connectivity index is 1.89. The molecule has 0 aliphatic rings. The maximum atomic E-state index is 12.0. The lowest BCUT2D eigenvalue weighted by Gasteiger charge is -2.07. The summed E-state index contributed by atoms with van der Waals surface area (Å²) in [5.41, 5.74) is 11.7. The number of hydrogen-bond donors (Lipinski definition) is 3. The first-order valence-corrected chi connectivity index (χ1v) is 8.22. The van der Waals surface area contributed by atoms with Crippen LogP contribution in [-0.2, 0) is 26.2 Å². The van der Waals surface area contributed by atoms with E-state index in [1.165, 1.54) is 12.1 Å². The van der Waals surface area contributed by atoms with E-state index < -0.39 is 22.5 Å². The summed E-state index contributed by atoms with van der Waals surface area (Å²) in [6.45, 7) is 0.996. The van der Waals surface area contributed by atoms with E-state index in [-0.39, 0.29) is 29.2 Å². The third-order valence-electron chi connectivity index (χ3n) is 2.82. The van der Waals surface area contributed by atoms with Crippen LogP contribution in [0.3, 0.4) is 0 Å². The lowest BCUT2D eigenvalue weighted by atomic mass is 10.2. The fourth-order valence-corrected chi connectivity index (χ4v) is 2.64. The number of nitrogen functional groups attached to an aromatic ring is 2. The maximum Gasteiger partial charge on any atom is 0.321 e. The van der Waals surface area contributed by atoms with Crippen LogP contribution in [0.5, 0.6) is 0 Å². The molecule has 0 atom stereocenters. The number of nitrogens with one attached hydrogen (secondary N) is 1. The minimum absolute atomic E-state index is 0.0546. The van der Waals surface area contributed by atoms with Gasteiger partial charge in [0.05, 0.1) is 4.90 Å². The Morgan fingerprint density at radius 2 is 1.71 bits per heavy atom. The Bertz CT molecular complexity index is 818. The third-order valence-corrected chi connectivity index (χ3v) is 4.23. The average Bonchev–Trinajstić information content (AvgIpc) is 2.50. The number of nitrogens with zero attached hydrogens (tertiary/aromatic N) is 3. The molecule has 0 saturated heterocycles. The van der Waals surface area contributed by atoms with Crippen LogP contribution in [0.15, 0.2) is 29.2 Å². The highest BCUT2D eigenvalue weighted by atomic mass is 32.2. The summed E-state index contributed by atoms with van der Waals surface area (Å²) >= 11 is 0. The van der Waals surface area contributed by atoms with Crippen molar-refractivity contribution in [1.29, 1.82) is 0 Å². The predicted molar refractivity (Wildman–Crippen MR) is 84.8 cm³/mol. The second kappa shape index (κ2) is 7.19. The molecular formula is C13H16N6O4S. The molecule has 1 aromatic heterocycles. The van der Waals surface area contributed by atoms with E-state index in [2.05, 4.69) is 19.7 Å². The zero-order valence-corrected chi connectivity index (χ0v) is 13.6. The number of benzene rings is 1. The van der Waals surface area contributed by atoms with Crippen LogP contribution in [0.2, 0.25) is 0 Å². The molecule has 2 rings (SSSR count). The topological polar surface area (TPSA) is 163 Å². The van der Waals surface area contributed by atoms with Crippen LogP contribution in [0.1, 0.15) is 11.4 Å². The Morgan fingerprint density at radius 1 is 1.12 bits per heavy atom. The molecule has 1 heterocycles. The van der Waals surface area contributed by atoms with Crippen molar-refractivity contribution < 1.29 is 17.9 Å². The quantitative estimate of drug-likeness (QED) is 0.574. The van der Waals surface area contributed by atoms with Gasteiger partial charge in [0.25, 0.3) is 0 Å². The summed E-state index contributed by atoms with van der Waals surface area (Å²) in [4.78, 5) is 22.7. The number of carbonyl (C=O) groups excluding carboxylic acids is 1. The zero-order valence-electron chi connectivity index (χ0n) is 12.8. The van der Waals surface area contributed by atoms with Gasteiger partial charge in [-0.2, -0.15) is 19.7 Å². The standard InChI is InChI=1S/C13H16N6O4S/c1-8-2-4-9(5-3-8)24(21,22)16-6-11(20)23-7-10-17-12(14)19-13(15)18-10/h2-5,16H,6-7H2,1H3,(H4,14,15,17,18,19). The molecule has 5 N–H and O–H groups in total. The van der Waals surface area contributed by atoms with Gasteiger partial charge in [0.2, 0.25) is 21.9 Å². The lowest BCUT2D eigenvalue weighted by molar-refractivity contribution is -0.143. The molecule has 10 nitrogen and oxygen atoms in total. The van der Waals surface area contributed by atoms with Gasteiger partial charge in [0, 0.05) is 0 Å². The molecule has 0 spiro atoms. The highest BCUT2D eigenvalue weighted by Gasteiger charge is 2.16. The smallest absolute Gasteiger partial charge is 0.321 e. The number of sulfonamides is 1. The number of aryl methyl sites for hydroxylation is 1. The highest BCUT2D eigenvalue weighted by Crippen LogP contribution is 2.09. The van der Waals surface area contributed by atoms with Crippen LogP contribution >= 0.6 is 0 Å². The minimum atomic E-state index is -3.80. The van der Waals surface area contributed by atoms with Crippen molar-refractivity contribution in [3.05, 3.63) is 35.7 Å². The fraction of sp³-hybridized carbons (Fsp3) is 0.231. The Morgan fingerprint density at radius 3 is 2.29 bits per heavy atom. The lowest BCUT2D eigenvalue weighted by Crippen LogP contribution is -2.30. The number of nitrogens with two attached hydrogens (primary N) is 2. The molecule has 0 bridgehead atoms. The monoisotopic (exact) mass is 352 g/mol. The van der Waals surface area contributed by atoms with Crippen molar-refractivity contribution in [3.8, 4) is 0 Å². The van der Waals surface area contributed by atoms with Crippen molar-refractivity contribution in [2.45, 2.75) is 18.4 Å². The Labute approximate surface area is 138 Å². The van der Waals surface area contributed by atoms with E-state index in [9.17, 15) is 13.2 Å². The Hall–Kier alpha value is -2.79. The SMILES string of the molecule is Cc1ccc(S(=O)(=O)NCC(=O)OCc2nc(N)nc(N)n2)cc1. The van der Waals surface area contributed by atoms with Crippen molar-refractivity contribution in [1.82, 2.24) is 19.7 Å². The largest absolute Gasteiger partial charge is 0.456 e. The van der Waals surface area contributed by atoms with E-state index in [0.717, 1.165) is 5.56 Å². The molecule has 2 aromatic rings. The van der Waals surface area contributed by atoms with E-state index in [4.69, 9.17) is 16.2 Å². The van der Waals surface area contributed by atoms with Gasteiger partial charge < -0.3 is 16.2 Å². The molecule has 128 valence electrons. The summed E-state index contributed by atoms with van der Waals surface area (Å²) in [5, 5.41) is 0. The first-order chi connectivity index (χ1) is 11.3. The van der Waals surface area contributed by atoms with Crippen LogP contribution in [-0.4, -0.2) is 35.9 Å². The van der Waals surface area contributed by atoms with E-state index >= 15 is 0 Å². The number of hydrogen-bond acceptors (Lipinski definition) is 9. The van der Waals surface area contributed by atoms with Crippen molar-refractivity contribution in [3.63, 3.8) is 0 Å². The van der Waals surface area contributed by atoms with Crippen LogP contribution in [0.25, 0.3) is 0 Å². The van der Waals surface area contributed by atoms with Crippen molar-refractivity contribution in [2.75, 3.05) is 18.0 Å². The van der Waals surface area contributed by atoms with Gasteiger partial charge in [-0.25, -0.2) is 8.42 Å². The normalized spacial score (nSPS) is 11.2. The second-order valence-corrected chi connectivity index (χ2v) is 6.53. The number of anilines is 2. The molecule has 0 aliphatic heterocycles. The van der Waals surface area contributed by atoms with Gasteiger partial charge in [0.1, 0.15) is 6.54 Å². The third kappa shape index (κ3) is 4.86. The molecule has 0 amide bonds. The van der Waals surface area contributed by atoms with Gasteiger partial charge in [-0.3, -0.25) is 4.79 Å². The molecule has 0 unspecified atom stereocenters. The summed E-state index contributed by atoms with van der Waals surface area (Å²) in [7, 11) is -3.80. The summed E-state index contributed by atoms with van der Waals surface area (Å²) in [6, 6.07) is 6.20. The summed E-state index contributed by atoms with van der Waals surface area (Å²) in [6.07, 6.45) is 0. The second-order valence-electron chi connectivity index (χ2n) is 4.77. The first-order valence-electron chi connectivity index (χ1n) is 6.74. The summed E-state index contributed by atoms with van der Waals surface area (Å²) in [5.74, 6) is -0.944. The van der Waals surface area contributed by atoms with Gasteiger partial charge in [-0.15, -0.1) is 0 Å². The van der Waals surface area contributed by atoms with Crippen molar-refractivity contribution >= 4 is 27.9 Å². The van der Waals surface area contributed by atoms with Crippen LogP contribution in [0, 0.1) is 6.92 Å². The number of rotatable bonds is 6. The first kappa shape index (κ1) is 17.6. The van der Waals surface area contributed by atoms with Gasteiger partial charge in [-0.05, 0) is 19.1 Å². The van der Waals surface area contributed by atoms with Gasteiger partial charge >= 0.3 is 5.97 Å². The molecule has 1 aromatic carbocycles. The molecular weight excluding hydrogens is 336 g/mol. The molecule has 0 radical (unpaired) electrons. The van der Waals surface area contributed by atoms with Gasteiger partial charge in [-0.1, -0.05) is 17.7 Å². The van der Waals surface area contributed by atoms with Crippen molar-refractivity contribution in [2.24, 2.45) is 0 Å². The summed E-state index contributed by atoms with van der Waals surface area (Å²) < 4.78 is 31.1. The maximum absolute atomic E-state index is 12.0. The fourth-order valence-electron chi connectivity index (χ4n) is 1.67. The Kier molecular flexibility index (Phi) is 5.26. The predicted octanol–water partition coefficient (Wildman–Crippen LogP) is -0.634. The number of carbonyl (C=O) groups is 1. The highest BCUT2D eigenvalue weighted by molar-refractivity contribution is 7.89. The molecule has 11 heteroatoms. The van der Waals surface area contributed by atoms with E-state index in [0.29, 0.717) is 0 Å². The van der Waals surface area contributed by atoms with Crippen LogP contribution < -0.4 is 16.2 Å². The van der Waals surface area contributed by atoms with Crippen LogP contribution in [0.4, 0.5) is 11.9 Å². The molecule has 0 saturated carbocycles. The number of ether oxygens (including phenoxy) is 1. The van der Waals surface area contributed by atoms with E-state index in [1.807, 2.05) is 6.92 Å². The number of aromatic nitrogens is 3. The molecule has 0 aliphatic carbocycles.